The number of piperidine rings is 1. The maximum Gasteiger partial charge on any atom is 0.410 e. The smallest absolute Gasteiger partial charge is 0.410 e. The first-order chi connectivity index (χ1) is 19.5. The fourth-order valence-electron chi connectivity index (χ4n) is 5.24. The van der Waals surface area contributed by atoms with E-state index in [1.165, 1.54) is 11.8 Å². The van der Waals surface area contributed by atoms with Gasteiger partial charge in [0, 0.05) is 44.1 Å². The summed E-state index contributed by atoms with van der Waals surface area (Å²) in [6.07, 6.45) is 5.60. The fourth-order valence-corrected chi connectivity index (χ4v) is 6.11. The van der Waals surface area contributed by atoms with Gasteiger partial charge in [0.25, 0.3) is 0 Å². The lowest BCUT2D eigenvalue weighted by Gasteiger charge is -2.34. The zero-order valence-electron chi connectivity index (χ0n) is 24.0. The second kappa shape index (κ2) is 11.9. The van der Waals surface area contributed by atoms with Crippen molar-refractivity contribution >= 4 is 33.0 Å². The second-order valence-corrected chi connectivity index (χ2v) is 13.6. The Balaban J connectivity index is 1.29. The molecule has 1 N–H and O–H groups in total. The predicted molar refractivity (Wildman–Crippen MR) is 157 cm³/mol. The molecule has 2 fully saturated rings. The van der Waals surface area contributed by atoms with Gasteiger partial charge in [-0.2, -0.15) is 0 Å². The number of anilines is 1. The molecule has 0 aliphatic carbocycles. The third-order valence-electron chi connectivity index (χ3n) is 7.34. The Hall–Kier alpha value is -3.35. The van der Waals surface area contributed by atoms with Crippen LogP contribution in [0, 0.1) is 0 Å². The van der Waals surface area contributed by atoms with Crippen LogP contribution in [0.1, 0.15) is 45.1 Å². The van der Waals surface area contributed by atoms with Crippen LogP contribution in [-0.2, 0) is 19.5 Å². The third-order valence-corrected chi connectivity index (χ3v) is 8.65. The molecular weight excluding hydrogens is 544 g/mol. The van der Waals surface area contributed by atoms with Crippen molar-refractivity contribution in [3.05, 3.63) is 48.3 Å². The molecule has 2 aliphatic rings. The Labute approximate surface area is 241 Å². The number of rotatable bonds is 6. The summed E-state index contributed by atoms with van der Waals surface area (Å²) >= 11 is 0. The Bertz CT molecular complexity index is 1480. The SMILES string of the molecule is CC(C)(C)OC(=O)N1CCO[C@H](CNc2nc(-c3ccc(C4CCN(S(C)(=O)=O)CC4)cc3)cc3nccnc23)C1. The Morgan fingerprint density at radius 3 is 2.49 bits per heavy atom. The molecular formula is C29H38N6O5S. The molecule has 220 valence electrons. The number of sulfonamides is 1. The molecule has 1 atom stereocenters. The van der Waals surface area contributed by atoms with E-state index in [9.17, 15) is 13.2 Å². The number of hydrogen-bond donors (Lipinski definition) is 1. The summed E-state index contributed by atoms with van der Waals surface area (Å²) in [6.45, 7) is 8.42. The standard InChI is InChI=1S/C29H38N6O5S/c1-29(2,3)40-28(36)34-15-16-39-23(19-34)18-32-27-26-25(30-11-12-31-26)17-24(33-27)22-7-5-20(6-8-22)21-9-13-35(14-10-21)41(4,37)38/h5-8,11-12,17,21,23H,9-10,13-16,18-19H2,1-4H3,(H,32,33)/t23-/m1/s1. The summed E-state index contributed by atoms with van der Waals surface area (Å²) in [4.78, 5) is 28.1. The van der Waals surface area contributed by atoms with E-state index in [-0.39, 0.29) is 12.2 Å². The molecule has 41 heavy (non-hydrogen) atoms. The third kappa shape index (κ3) is 7.30. The van der Waals surface area contributed by atoms with E-state index in [0.29, 0.717) is 56.6 Å². The van der Waals surface area contributed by atoms with Gasteiger partial charge in [-0.15, -0.1) is 0 Å². The molecule has 0 radical (unpaired) electrons. The average molecular weight is 583 g/mol. The highest BCUT2D eigenvalue weighted by molar-refractivity contribution is 7.88. The van der Waals surface area contributed by atoms with Gasteiger partial charge < -0.3 is 19.7 Å². The number of ether oxygens (including phenoxy) is 2. The van der Waals surface area contributed by atoms with Crippen molar-refractivity contribution in [2.45, 2.75) is 51.2 Å². The highest BCUT2D eigenvalue weighted by Crippen LogP contribution is 2.31. The number of carbonyl (C=O) groups excluding carboxylic acids is 1. The highest BCUT2D eigenvalue weighted by Gasteiger charge is 2.29. The van der Waals surface area contributed by atoms with Crippen LogP contribution in [0.5, 0.6) is 0 Å². The Kier molecular flexibility index (Phi) is 8.44. The molecule has 3 aromatic rings. The summed E-state index contributed by atoms with van der Waals surface area (Å²) in [5, 5.41) is 3.38. The summed E-state index contributed by atoms with van der Waals surface area (Å²) in [7, 11) is -3.14. The van der Waals surface area contributed by atoms with E-state index >= 15 is 0 Å². The van der Waals surface area contributed by atoms with Crippen LogP contribution < -0.4 is 5.32 Å². The van der Waals surface area contributed by atoms with Gasteiger partial charge in [-0.3, -0.25) is 4.98 Å². The maximum absolute atomic E-state index is 12.6. The van der Waals surface area contributed by atoms with E-state index in [0.717, 1.165) is 29.6 Å². The molecule has 0 saturated carbocycles. The van der Waals surface area contributed by atoms with E-state index in [2.05, 4.69) is 39.6 Å². The molecule has 4 heterocycles. The Morgan fingerprint density at radius 1 is 1.10 bits per heavy atom. The largest absolute Gasteiger partial charge is 0.444 e. The summed E-state index contributed by atoms with van der Waals surface area (Å²) in [5.41, 5.74) is 3.73. The van der Waals surface area contributed by atoms with Crippen LogP contribution in [0.15, 0.2) is 42.7 Å². The summed E-state index contributed by atoms with van der Waals surface area (Å²) < 4.78 is 36.7. The van der Waals surface area contributed by atoms with E-state index in [1.54, 1.807) is 21.6 Å². The number of amides is 1. The van der Waals surface area contributed by atoms with Crippen molar-refractivity contribution in [1.29, 1.82) is 0 Å². The monoisotopic (exact) mass is 582 g/mol. The number of hydrogen-bond acceptors (Lipinski definition) is 9. The van der Waals surface area contributed by atoms with Gasteiger partial charge in [0.15, 0.2) is 5.82 Å². The minimum atomic E-state index is -3.14. The zero-order chi connectivity index (χ0) is 29.2. The fraction of sp³-hybridized carbons (Fsp3) is 0.517. The molecule has 11 nitrogen and oxygen atoms in total. The normalized spacial score (nSPS) is 19.3. The van der Waals surface area contributed by atoms with Gasteiger partial charge in [0.1, 0.15) is 11.1 Å². The van der Waals surface area contributed by atoms with E-state index < -0.39 is 15.6 Å². The van der Waals surface area contributed by atoms with E-state index in [4.69, 9.17) is 14.5 Å². The lowest BCUT2D eigenvalue weighted by molar-refractivity contribution is -0.0371. The van der Waals surface area contributed by atoms with Crippen molar-refractivity contribution in [3.63, 3.8) is 0 Å². The van der Waals surface area contributed by atoms with Gasteiger partial charge in [-0.25, -0.2) is 27.5 Å². The van der Waals surface area contributed by atoms with Gasteiger partial charge in [0.2, 0.25) is 10.0 Å². The number of benzene rings is 1. The number of nitrogens with zero attached hydrogens (tertiary/aromatic N) is 5. The molecule has 12 heteroatoms. The van der Waals surface area contributed by atoms with Crippen molar-refractivity contribution in [3.8, 4) is 11.3 Å². The minimum absolute atomic E-state index is 0.234. The molecule has 2 aromatic heterocycles. The number of carbonyl (C=O) groups is 1. The first-order valence-corrected chi connectivity index (χ1v) is 15.8. The number of pyridine rings is 1. The summed E-state index contributed by atoms with van der Waals surface area (Å²) in [5.74, 6) is 0.922. The lowest BCUT2D eigenvalue weighted by Crippen LogP contribution is -2.49. The van der Waals surface area contributed by atoms with Crippen molar-refractivity contribution in [2.24, 2.45) is 0 Å². The van der Waals surface area contributed by atoms with Crippen LogP contribution in [0.3, 0.4) is 0 Å². The van der Waals surface area contributed by atoms with Crippen LogP contribution in [-0.4, -0.2) is 96.0 Å². The van der Waals surface area contributed by atoms with Crippen molar-refractivity contribution < 1.29 is 22.7 Å². The molecule has 0 unspecified atom stereocenters. The highest BCUT2D eigenvalue weighted by atomic mass is 32.2. The number of nitrogens with one attached hydrogen (secondary N) is 1. The number of aromatic nitrogens is 3. The van der Waals surface area contributed by atoms with Gasteiger partial charge in [-0.05, 0) is 51.2 Å². The second-order valence-electron chi connectivity index (χ2n) is 11.6. The van der Waals surface area contributed by atoms with Gasteiger partial charge >= 0.3 is 6.09 Å². The van der Waals surface area contributed by atoms with E-state index in [1.807, 2.05) is 26.8 Å². The maximum atomic E-state index is 12.6. The van der Waals surface area contributed by atoms with Crippen LogP contribution >= 0.6 is 0 Å². The Morgan fingerprint density at radius 2 is 1.80 bits per heavy atom. The molecule has 0 bridgehead atoms. The zero-order valence-corrected chi connectivity index (χ0v) is 24.9. The molecule has 2 saturated heterocycles. The van der Waals surface area contributed by atoms with Crippen molar-refractivity contribution in [2.75, 3.05) is 50.9 Å². The molecule has 0 spiro atoms. The van der Waals surface area contributed by atoms with Crippen LogP contribution in [0.4, 0.5) is 10.6 Å². The molecule has 1 amide bonds. The molecule has 5 rings (SSSR count). The number of fused-ring (bicyclic) bond motifs is 1. The van der Waals surface area contributed by atoms with Crippen molar-refractivity contribution in [1.82, 2.24) is 24.2 Å². The first kappa shape index (κ1) is 29.2. The quantitative estimate of drug-likeness (QED) is 0.461. The average Bonchev–Trinajstić information content (AvgIpc) is 2.95. The van der Waals surface area contributed by atoms with Crippen LogP contribution in [0.2, 0.25) is 0 Å². The molecule has 1 aromatic carbocycles. The number of morpholine rings is 1. The molecule has 2 aliphatic heterocycles. The topological polar surface area (TPSA) is 127 Å². The van der Waals surface area contributed by atoms with Gasteiger partial charge in [-0.1, -0.05) is 24.3 Å². The lowest BCUT2D eigenvalue weighted by atomic mass is 9.89. The predicted octanol–water partition coefficient (Wildman–Crippen LogP) is 3.88. The van der Waals surface area contributed by atoms with Gasteiger partial charge in [0.05, 0.1) is 36.7 Å². The first-order valence-electron chi connectivity index (χ1n) is 14.0. The minimum Gasteiger partial charge on any atom is -0.444 e. The summed E-state index contributed by atoms with van der Waals surface area (Å²) in [6, 6.07) is 10.2. The van der Waals surface area contributed by atoms with Crippen LogP contribution in [0.25, 0.3) is 22.3 Å².